The summed E-state index contributed by atoms with van der Waals surface area (Å²) in [5.74, 6) is 0.698. The third-order valence-electron chi connectivity index (χ3n) is 2.26. The van der Waals surface area contributed by atoms with Crippen LogP contribution in [0.4, 0.5) is 0 Å². The van der Waals surface area contributed by atoms with Gasteiger partial charge in [0.25, 0.3) is 0 Å². The highest BCUT2D eigenvalue weighted by atomic mass is 35.5. The van der Waals surface area contributed by atoms with E-state index in [9.17, 15) is 0 Å². The zero-order chi connectivity index (χ0) is 12.3. The second-order valence-corrected chi connectivity index (χ2v) is 6.19. The Morgan fingerprint density at radius 2 is 2.29 bits per heavy atom. The van der Waals surface area contributed by atoms with Crippen LogP contribution in [0.25, 0.3) is 0 Å². The van der Waals surface area contributed by atoms with Gasteiger partial charge in [-0.25, -0.2) is 0 Å². The van der Waals surface area contributed by atoms with Gasteiger partial charge >= 0.3 is 0 Å². The number of hydrogen-bond acceptors (Lipinski definition) is 5. The third kappa shape index (κ3) is 3.12. The Balaban J connectivity index is 2.14. The van der Waals surface area contributed by atoms with Crippen LogP contribution >= 0.6 is 34.7 Å². The number of rotatable bonds is 4. The normalized spacial score (nSPS) is 12.4. The Labute approximate surface area is 113 Å². The Hall–Kier alpha value is -0.780. The van der Waals surface area contributed by atoms with Gasteiger partial charge in [0, 0.05) is 5.25 Å². The van der Waals surface area contributed by atoms with Crippen molar-refractivity contribution in [1.29, 1.82) is 0 Å². The molecule has 6 heteroatoms. The predicted molar refractivity (Wildman–Crippen MR) is 72.2 cm³/mol. The van der Waals surface area contributed by atoms with Crippen molar-refractivity contribution in [3.8, 4) is 5.75 Å². The van der Waals surface area contributed by atoms with E-state index in [2.05, 4.69) is 17.1 Å². The maximum absolute atomic E-state index is 6.10. The first-order chi connectivity index (χ1) is 8.20. The minimum Gasteiger partial charge on any atom is -0.495 e. The number of halogens is 1. The fourth-order valence-electron chi connectivity index (χ4n) is 1.37. The second-order valence-electron chi connectivity index (χ2n) is 3.36. The molecule has 2 aromatic rings. The molecule has 1 atom stereocenters. The topological polar surface area (TPSA) is 35.0 Å². The third-order valence-corrected chi connectivity index (χ3v) is 4.53. The molecule has 0 spiro atoms. The molecule has 0 aliphatic heterocycles. The summed E-state index contributed by atoms with van der Waals surface area (Å²) in [6.45, 7) is 2.12. The fraction of sp³-hybridized carbons (Fsp3) is 0.273. The van der Waals surface area contributed by atoms with Crippen LogP contribution in [0.2, 0.25) is 5.02 Å². The lowest BCUT2D eigenvalue weighted by molar-refractivity contribution is 0.415. The molecule has 0 aliphatic carbocycles. The molecule has 0 N–H and O–H groups in total. The quantitative estimate of drug-likeness (QED) is 0.794. The van der Waals surface area contributed by atoms with E-state index in [-0.39, 0.29) is 5.25 Å². The van der Waals surface area contributed by atoms with Crippen molar-refractivity contribution in [2.75, 3.05) is 7.11 Å². The molecule has 17 heavy (non-hydrogen) atoms. The van der Waals surface area contributed by atoms with Crippen LogP contribution in [-0.4, -0.2) is 17.3 Å². The molecule has 1 aromatic carbocycles. The van der Waals surface area contributed by atoms with Gasteiger partial charge < -0.3 is 4.74 Å². The lowest BCUT2D eigenvalue weighted by atomic mass is 10.1. The minimum atomic E-state index is 0.284. The molecule has 3 nitrogen and oxygen atoms in total. The van der Waals surface area contributed by atoms with Gasteiger partial charge in [-0.3, -0.25) is 0 Å². The monoisotopic (exact) mass is 286 g/mol. The number of methoxy groups -OCH3 is 1. The average molecular weight is 287 g/mol. The standard InChI is InChI=1S/C11H11ClN2OS2/c1-7(17-11-14-13-6-16-11)8-3-4-10(15-2)9(12)5-8/h3-7H,1-2H3/t7-/m0/s1. The number of ether oxygens (including phenoxy) is 1. The van der Waals surface area contributed by atoms with Gasteiger partial charge in [-0.2, -0.15) is 0 Å². The summed E-state index contributed by atoms with van der Waals surface area (Å²) in [4.78, 5) is 0. The Bertz CT molecular complexity index is 490. The molecular weight excluding hydrogens is 276 g/mol. The highest BCUT2D eigenvalue weighted by molar-refractivity contribution is 8.01. The molecule has 0 fully saturated rings. The van der Waals surface area contributed by atoms with E-state index in [1.54, 1.807) is 35.7 Å². The van der Waals surface area contributed by atoms with E-state index in [0.29, 0.717) is 10.8 Å². The Kier molecular flexibility index (Phi) is 4.25. The van der Waals surface area contributed by atoms with Crippen molar-refractivity contribution in [3.63, 3.8) is 0 Å². The number of nitrogens with zero attached hydrogens (tertiary/aromatic N) is 2. The summed E-state index contributed by atoms with van der Waals surface area (Å²) in [6, 6.07) is 5.83. The summed E-state index contributed by atoms with van der Waals surface area (Å²) < 4.78 is 6.09. The maximum Gasteiger partial charge on any atom is 0.174 e. The SMILES string of the molecule is COc1ccc([C@H](C)Sc2nncs2)cc1Cl. The molecule has 0 aliphatic rings. The number of thioether (sulfide) groups is 1. The average Bonchev–Trinajstić information content (AvgIpc) is 2.81. The number of aromatic nitrogens is 2. The summed E-state index contributed by atoms with van der Waals surface area (Å²) in [5.41, 5.74) is 2.88. The van der Waals surface area contributed by atoms with E-state index in [0.717, 1.165) is 9.90 Å². The van der Waals surface area contributed by atoms with E-state index in [1.165, 1.54) is 0 Å². The van der Waals surface area contributed by atoms with Gasteiger partial charge in [0.05, 0.1) is 12.1 Å². The van der Waals surface area contributed by atoms with Crippen molar-refractivity contribution in [3.05, 3.63) is 34.3 Å². The predicted octanol–water partition coefficient (Wildman–Crippen LogP) is 4.05. The summed E-state index contributed by atoms with van der Waals surface area (Å²) in [6.07, 6.45) is 0. The molecule has 0 unspecified atom stereocenters. The largest absolute Gasteiger partial charge is 0.495 e. The molecule has 0 bridgehead atoms. The molecule has 0 radical (unpaired) electrons. The van der Waals surface area contributed by atoms with Crippen LogP contribution in [0.1, 0.15) is 17.7 Å². The Morgan fingerprint density at radius 3 is 2.88 bits per heavy atom. The molecular formula is C11H11ClN2OS2. The van der Waals surface area contributed by atoms with Crippen molar-refractivity contribution in [1.82, 2.24) is 10.2 Å². The van der Waals surface area contributed by atoms with Crippen LogP contribution in [-0.2, 0) is 0 Å². The molecule has 1 aromatic heterocycles. The molecule has 0 amide bonds. The second kappa shape index (κ2) is 5.71. The van der Waals surface area contributed by atoms with Crippen LogP contribution < -0.4 is 4.74 Å². The number of benzene rings is 1. The molecule has 90 valence electrons. The van der Waals surface area contributed by atoms with Crippen molar-refractivity contribution < 1.29 is 4.74 Å². The summed E-state index contributed by atoms with van der Waals surface area (Å²) in [7, 11) is 1.61. The fourth-order valence-corrected chi connectivity index (χ4v) is 3.38. The van der Waals surface area contributed by atoms with Crippen LogP contribution in [0.15, 0.2) is 28.0 Å². The first-order valence-electron chi connectivity index (χ1n) is 4.97. The summed E-state index contributed by atoms with van der Waals surface area (Å²) in [5, 5.41) is 8.74. The highest BCUT2D eigenvalue weighted by Crippen LogP contribution is 2.37. The van der Waals surface area contributed by atoms with Gasteiger partial charge in [-0.05, 0) is 24.6 Å². The van der Waals surface area contributed by atoms with E-state index < -0.39 is 0 Å². The number of hydrogen-bond donors (Lipinski definition) is 0. The zero-order valence-electron chi connectivity index (χ0n) is 9.38. The van der Waals surface area contributed by atoms with E-state index in [1.807, 2.05) is 18.2 Å². The first kappa shape index (κ1) is 12.7. The summed E-state index contributed by atoms with van der Waals surface area (Å²) >= 11 is 9.31. The van der Waals surface area contributed by atoms with Crippen molar-refractivity contribution >= 4 is 34.7 Å². The van der Waals surface area contributed by atoms with Crippen LogP contribution in [0.5, 0.6) is 5.75 Å². The van der Waals surface area contributed by atoms with Crippen molar-refractivity contribution in [2.24, 2.45) is 0 Å². The molecule has 1 heterocycles. The van der Waals surface area contributed by atoms with E-state index >= 15 is 0 Å². The minimum absolute atomic E-state index is 0.284. The van der Waals surface area contributed by atoms with Gasteiger partial charge in [0.2, 0.25) is 0 Å². The van der Waals surface area contributed by atoms with Crippen LogP contribution in [0, 0.1) is 0 Å². The molecule has 0 saturated carbocycles. The smallest absolute Gasteiger partial charge is 0.174 e. The molecule has 0 saturated heterocycles. The van der Waals surface area contributed by atoms with Crippen LogP contribution in [0.3, 0.4) is 0 Å². The first-order valence-corrected chi connectivity index (χ1v) is 7.10. The Morgan fingerprint density at radius 1 is 1.47 bits per heavy atom. The lowest BCUT2D eigenvalue weighted by Gasteiger charge is -2.11. The van der Waals surface area contributed by atoms with Gasteiger partial charge in [-0.15, -0.1) is 10.2 Å². The highest BCUT2D eigenvalue weighted by Gasteiger charge is 2.11. The zero-order valence-corrected chi connectivity index (χ0v) is 11.8. The van der Waals surface area contributed by atoms with Gasteiger partial charge in [0.15, 0.2) is 4.34 Å². The maximum atomic E-state index is 6.10. The van der Waals surface area contributed by atoms with Gasteiger partial charge in [-0.1, -0.05) is 40.8 Å². The van der Waals surface area contributed by atoms with Crippen molar-refractivity contribution in [2.45, 2.75) is 16.5 Å². The van der Waals surface area contributed by atoms with Gasteiger partial charge in [0.1, 0.15) is 11.3 Å². The molecule has 2 rings (SSSR count). The lowest BCUT2D eigenvalue weighted by Crippen LogP contribution is -1.90. The van der Waals surface area contributed by atoms with E-state index in [4.69, 9.17) is 16.3 Å².